The van der Waals surface area contributed by atoms with E-state index in [1.54, 1.807) is 11.3 Å². The van der Waals surface area contributed by atoms with Gasteiger partial charge in [0.1, 0.15) is 5.01 Å². The third-order valence-corrected chi connectivity index (χ3v) is 4.22. The molecule has 1 fully saturated rings. The Morgan fingerprint density at radius 3 is 3.06 bits per heavy atom. The van der Waals surface area contributed by atoms with Crippen molar-refractivity contribution in [2.24, 2.45) is 5.41 Å². The third kappa shape index (κ3) is 2.81. The first-order chi connectivity index (χ1) is 7.61. The fourth-order valence-corrected chi connectivity index (χ4v) is 3.31. The second-order valence-corrected chi connectivity index (χ2v) is 6.13. The average Bonchev–Trinajstić information content (AvgIpc) is 2.75. The van der Waals surface area contributed by atoms with Crippen LogP contribution in [0.3, 0.4) is 0 Å². The van der Waals surface area contributed by atoms with Crippen LogP contribution in [0.4, 0.5) is 0 Å². The predicted molar refractivity (Wildman–Crippen MR) is 68.8 cm³/mol. The van der Waals surface area contributed by atoms with E-state index in [9.17, 15) is 0 Å². The zero-order valence-corrected chi connectivity index (χ0v) is 11.2. The Kier molecular flexibility index (Phi) is 3.62. The quantitative estimate of drug-likeness (QED) is 0.869. The number of likely N-dealkylation sites (tertiary alicyclic amines) is 1. The Balaban J connectivity index is 1.89. The molecule has 1 aromatic rings. The monoisotopic (exact) mass is 239 g/mol. The van der Waals surface area contributed by atoms with Crippen molar-refractivity contribution in [1.29, 1.82) is 0 Å². The molecule has 3 nitrogen and oxygen atoms in total. The lowest BCUT2D eigenvalue weighted by Gasteiger charge is -2.23. The second-order valence-electron chi connectivity index (χ2n) is 5.18. The topological polar surface area (TPSA) is 28.2 Å². The van der Waals surface area contributed by atoms with Crippen LogP contribution in [0.1, 0.15) is 24.0 Å². The molecule has 0 aromatic carbocycles. The van der Waals surface area contributed by atoms with E-state index in [-0.39, 0.29) is 0 Å². The van der Waals surface area contributed by atoms with Gasteiger partial charge in [0.15, 0.2) is 0 Å². The van der Waals surface area contributed by atoms with Gasteiger partial charge in [0, 0.05) is 24.2 Å². The molecule has 1 aliphatic heterocycles. The molecule has 1 aliphatic rings. The molecular formula is C12H21N3S. The summed E-state index contributed by atoms with van der Waals surface area (Å²) in [5, 5.41) is 6.69. The molecule has 90 valence electrons. The molecule has 1 unspecified atom stereocenters. The summed E-state index contributed by atoms with van der Waals surface area (Å²) in [6, 6.07) is 0. The highest BCUT2D eigenvalue weighted by Crippen LogP contribution is 2.30. The van der Waals surface area contributed by atoms with Gasteiger partial charge in [-0.05, 0) is 32.4 Å². The van der Waals surface area contributed by atoms with Crippen molar-refractivity contribution >= 4 is 11.3 Å². The van der Waals surface area contributed by atoms with Crippen molar-refractivity contribution in [2.45, 2.75) is 26.8 Å². The van der Waals surface area contributed by atoms with E-state index in [1.165, 1.54) is 24.5 Å². The molecule has 0 spiro atoms. The third-order valence-electron chi connectivity index (χ3n) is 3.27. The summed E-state index contributed by atoms with van der Waals surface area (Å²) < 4.78 is 0. The van der Waals surface area contributed by atoms with Crippen LogP contribution in [0.5, 0.6) is 0 Å². The molecule has 1 saturated heterocycles. The van der Waals surface area contributed by atoms with Gasteiger partial charge in [-0.2, -0.15) is 0 Å². The van der Waals surface area contributed by atoms with Gasteiger partial charge < -0.3 is 5.32 Å². The van der Waals surface area contributed by atoms with Crippen molar-refractivity contribution < 1.29 is 0 Å². The van der Waals surface area contributed by atoms with Crippen LogP contribution < -0.4 is 5.32 Å². The van der Waals surface area contributed by atoms with Crippen LogP contribution in [0.25, 0.3) is 0 Å². The number of nitrogens with zero attached hydrogens (tertiary/aromatic N) is 2. The first-order valence-electron chi connectivity index (χ1n) is 5.89. The van der Waals surface area contributed by atoms with Crippen LogP contribution in [0.2, 0.25) is 0 Å². The number of hydrogen-bond donors (Lipinski definition) is 1. The van der Waals surface area contributed by atoms with Gasteiger partial charge in [-0.25, -0.2) is 4.98 Å². The maximum atomic E-state index is 4.53. The van der Waals surface area contributed by atoms with Crippen molar-refractivity contribution in [2.75, 3.05) is 26.7 Å². The molecule has 2 heterocycles. The predicted octanol–water partition coefficient (Wildman–Crippen LogP) is 1.88. The summed E-state index contributed by atoms with van der Waals surface area (Å²) in [5.41, 5.74) is 1.60. The maximum absolute atomic E-state index is 4.53. The molecule has 0 bridgehead atoms. The minimum Gasteiger partial charge on any atom is -0.319 e. The van der Waals surface area contributed by atoms with E-state index >= 15 is 0 Å². The van der Waals surface area contributed by atoms with E-state index in [2.05, 4.69) is 34.4 Å². The van der Waals surface area contributed by atoms with Crippen LogP contribution in [-0.2, 0) is 6.54 Å². The van der Waals surface area contributed by atoms with Crippen molar-refractivity contribution in [3.05, 3.63) is 16.1 Å². The molecule has 1 atom stereocenters. The Morgan fingerprint density at radius 1 is 1.62 bits per heavy atom. The van der Waals surface area contributed by atoms with Crippen LogP contribution in [0, 0.1) is 12.3 Å². The van der Waals surface area contributed by atoms with Gasteiger partial charge in [0.05, 0.1) is 6.54 Å². The van der Waals surface area contributed by atoms with Crippen LogP contribution in [-0.4, -0.2) is 36.6 Å². The molecule has 2 rings (SSSR count). The zero-order chi connectivity index (χ0) is 11.6. The number of hydrogen-bond acceptors (Lipinski definition) is 4. The number of nitrogens with one attached hydrogen (secondary N) is 1. The van der Waals surface area contributed by atoms with Crippen molar-refractivity contribution in [3.8, 4) is 0 Å². The van der Waals surface area contributed by atoms with E-state index in [0.29, 0.717) is 5.41 Å². The van der Waals surface area contributed by atoms with Crippen molar-refractivity contribution in [3.63, 3.8) is 0 Å². The van der Waals surface area contributed by atoms with Gasteiger partial charge >= 0.3 is 0 Å². The molecule has 4 heteroatoms. The summed E-state index contributed by atoms with van der Waals surface area (Å²) in [7, 11) is 2.04. The van der Waals surface area contributed by atoms with Gasteiger partial charge in [0.25, 0.3) is 0 Å². The summed E-state index contributed by atoms with van der Waals surface area (Å²) >= 11 is 1.78. The molecule has 0 radical (unpaired) electrons. The van der Waals surface area contributed by atoms with Gasteiger partial charge in [-0.1, -0.05) is 6.92 Å². The van der Waals surface area contributed by atoms with Gasteiger partial charge in [-0.15, -0.1) is 11.3 Å². The normalized spacial score (nSPS) is 26.4. The Bertz CT molecular complexity index is 350. The highest BCUT2D eigenvalue weighted by molar-refractivity contribution is 7.09. The first kappa shape index (κ1) is 12.0. The van der Waals surface area contributed by atoms with Crippen LogP contribution in [0.15, 0.2) is 5.38 Å². The maximum Gasteiger partial charge on any atom is 0.107 e. The molecule has 0 saturated carbocycles. The van der Waals surface area contributed by atoms with E-state index in [1.807, 2.05) is 7.05 Å². The fourth-order valence-electron chi connectivity index (χ4n) is 2.50. The van der Waals surface area contributed by atoms with Crippen LogP contribution >= 0.6 is 11.3 Å². The van der Waals surface area contributed by atoms with E-state index in [0.717, 1.165) is 18.8 Å². The minimum absolute atomic E-state index is 0.445. The number of aryl methyl sites for hydroxylation is 1. The first-order valence-corrected chi connectivity index (χ1v) is 6.77. The molecular weight excluding hydrogens is 218 g/mol. The summed E-state index contributed by atoms with van der Waals surface area (Å²) in [6.07, 6.45) is 1.29. The van der Waals surface area contributed by atoms with Crippen molar-refractivity contribution in [1.82, 2.24) is 15.2 Å². The number of rotatable bonds is 4. The average molecular weight is 239 g/mol. The lowest BCUT2D eigenvalue weighted by Crippen LogP contribution is -2.32. The lowest BCUT2D eigenvalue weighted by atomic mass is 9.90. The molecule has 0 aliphatic carbocycles. The zero-order valence-electron chi connectivity index (χ0n) is 10.4. The molecule has 1 aromatic heterocycles. The largest absolute Gasteiger partial charge is 0.319 e. The number of thiazole rings is 1. The minimum atomic E-state index is 0.445. The summed E-state index contributed by atoms with van der Waals surface area (Å²) in [5.74, 6) is 0. The van der Waals surface area contributed by atoms with E-state index in [4.69, 9.17) is 0 Å². The Morgan fingerprint density at radius 2 is 2.44 bits per heavy atom. The SMILES string of the molecule is CNCC1(C)CCN(Cc2nc(C)cs2)C1. The van der Waals surface area contributed by atoms with Gasteiger partial charge in [-0.3, -0.25) is 4.90 Å². The highest BCUT2D eigenvalue weighted by Gasteiger charge is 2.33. The van der Waals surface area contributed by atoms with E-state index < -0.39 is 0 Å². The molecule has 1 N–H and O–H groups in total. The Labute approximate surface area is 102 Å². The highest BCUT2D eigenvalue weighted by atomic mass is 32.1. The Hall–Kier alpha value is -0.450. The molecule has 16 heavy (non-hydrogen) atoms. The molecule has 0 amide bonds. The lowest BCUT2D eigenvalue weighted by molar-refractivity contribution is 0.265. The fraction of sp³-hybridized carbons (Fsp3) is 0.750. The standard InChI is InChI=1S/C12H21N3S/c1-10-7-16-11(14-10)6-15-5-4-12(2,9-15)8-13-3/h7,13H,4-6,8-9H2,1-3H3. The van der Waals surface area contributed by atoms with Gasteiger partial charge in [0.2, 0.25) is 0 Å². The summed E-state index contributed by atoms with van der Waals surface area (Å²) in [6.45, 7) is 8.97. The summed E-state index contributed by atoms with van der Waals surface area (Å²) in [4.78, 5) is 7.05. The smallest absolute Gasteiger partial charge is 0.107 e. The second kappa shape index (κ2) is 4.82. The number of aromatic nitrogens is 1.